The van der Waals surface area contributed by atoms with Crippen LogP contribution in [0.3, 0.4) is 0 Å². The minimum absolute atomic E-state index is 0.0257. The van der Waals surface area contributed by atoms with E-state index in [2.05, 4.69) is 15.0 Å². The third kappa shape index (κ3) is 3.88. The van der Waals surface area contributed by atoms with Gasteiger partial charge in [-0.05, 0) is 43.9 Å². The Morgan fingerprint density at radius 2 is 1.93 bits per heavy atom. The number of rotatable bonds is 4. The van der Waals surface area contributed by atoms with Crippen molar-refractivity contribution in [1.29, 1.82) is 0 Å². The first-order valence-corrected chi connectivity index (χ1v) is 10.2. The maximum absolute atomic E-state index is 11.6. The van der Waals surface area contributed by atoms with Crippen LogP contribution < -0.4 is 16.4 Å². The van der Waals surface area contributed by atoms with E-state index in [1.54, 1.807) is 11.1 Å². The number of hydrogen-bond acceptors (Lipinski definition) is 9. The van der Waals surface area contributed by atoms with Gasteiger partial charge in [0.2, 0.25) is 11.9 Å². The van der Waals surface area contributed by atoms with Crippen molar-refractivity contribution in [3.8, 4) is 0 Å². The van der Waals surface area contributed by atoms with Gasteiger partial charge in [-0.25, -0.2) is 9.98 Å². The fourth-order valence-electron chi connectivity index (χ4n) is 3.88. The molecule has 29 heavy (non-hydrogen) atoms. The van der Waals surface area contributed by atoms with Crippen molar-refractivity contribution in [2.45, 2.75) is 47.7 Å². The predicted octanol–water partition coefficient (Wildman–Crippen LogP) is 3.25. The Kier molecular flexibility index (Phi) is 5.10. The van der Waals surface area contributed by atoms with Crippen molar-refractivity contribution >= 4 is 35.1 Å². The van der Waals surface area contributed by atoms with Crippen molar-refractivity contribution in [2.75, 3.05) is 4.90 Å². The number of anilines is 1. The molecule has 0 saturated heterocycles. The second-order valence-corrected chi connectivity index (χ2v) is 8.12. The number of nitrogens with two attached hydrogens (primary N) is 2. The fraction of sp³-hybridized carbons (Fsp3) is 0.316. The van der Waals surface area contributed by atoms with E-state index in [1.165, 1.54) is 23.9 Å². The molecule has 1 aromatic carbocycles. The molecule has 4 N–H and O–H groups in total. The molecule has 2 aliphatic rings. The maximum Gasteiger partial charge on any atom is 0.272 e. The molecule has 1 spiro atoms. The monoisotopic (exact) mass is 411 g/mol. The summed E-state index contributed by atoms with van der Waals surface area (Å²) in [4.78, 5) is 26.7. The summed E-state index contributed by atoms with van der Waals surface area (Å²) >= 11 is 1.35. The van der Waals surface area contributed by atoms with Crippen LogP contribution in [-0.2, 0) is 0 Å². The highest BCUT2D eigenvalue weighted by atomic mass is 32.2. The summed E-state index contributed by atoms with van der Waals surface area (Å²) in [7, 11) is 0. The minimum Gasteiger partial charge on any atom is -0.369 e. The largest absolute Gasteiger partial charge is 0.369 e. The van der Waals surface area contributed by atoms with Gasteiger partial charge in [-0.1, -0.05) is 24.2 Å². The lowest BCUT2D eigenvalue weighted by Crippen LogP contribution is -2.58. The second-order valence-electron chi connectivity index (χ2n) is 7.03. The summed E-state index contributed by atoms with van der Waals surface area (Å²) in [5.41, 5.74) is 12.1. The molecule has 10 heteroatoms. The quantitative estimate of drug-likeness (QED) is 0.582. The van der Waals surface area contributed by atoms with E-state index in [0.717, 1.165) is 37.1 Å². The number of nitro benzene ring substituents is 1. The van der Waals surface area contributed by atoms with Crippen LogP contribution in [0.1, 0.15) is 32.1 Å². The zero-order valence-corrected chi connectivity index (χ0v) is 16.5. The molecule has 2 heterocycles. The average molecular weight is 411 g/mol. The van der Waals surface area contributed by atoms with E-state index in [9.17, 15) is 10.1 Å². The first-order chi connectivity index (χ1) is 14.0. The van der Waals surface area contributed by atoms with Gasteiger partial charge in [0, 0.05) is 23.2 Å². The van der Waals surface area contributed by atoms with E-state index in [1.807, 2.05) is 24.3 Å². The number of guanidine groups is 2. The van der Waals surface area contributed by atoms with Crippen LogP contribution in [0.25, 0.3) is 0 Å². The van der Waals surface area contributed by atoms with Crippen LogP contribution >= 0.6 is 11.8 Å². The lowest BCUT2D eigenvalue weighted by molar-refractivity contribution is -0.385. The molecular formula is C19H21N7O2S. The summed E-state index contributed by atoms with van der Waals surface area (Å²) in [6, 6.07) is 10.5. The highest BCUT2D eigenvalue weighted by Crippen LogP contribution is 2.42. The number of nitrogens with zero attached hydrogens (tertiary/aromatic N) is 5. The summed E-state index contributed by atoms with van der Waals surface area (Å²) < 4.78 is 0. The first-order valence-electron chi connectivity index (χ1n) is 9.35. The lowest BCUT2D eigenvalue weighted by Gasteiger charge is -2.45. The average Bonchev–Trinajstić information content (AvgIpc) is 2.68. The van der Waals surface area contributed by atoms with Gasteiger partial charge in [-0.15, -0.1) is 0 Å². The zero-order chi connectivity index (χ0) is 20.4. The Labute approximate surface area is 172 Å². The van der Waals surface area contributed by atoms with Crippen molar-refractivity contribution in [2.24, 2.45) is 21.5 Å². The molecule has 150 valence electrons. The fourth-order valence-corrected chi connectivity index (χ4v) is 4.75. The standard InChI is InChI=1S/C19H21N7O2S/c20-17-23-18(21)25(19(24-17)7-3-1-4-8-19)13-10-14(26(27)28)12-15(11-13)29-16-6-2-5-9-22-16/h2,5-6,9-12H,1,3-4,7-8H2,(H4,20,21,23,24). The second kappa shape index (κ2) is 7.70. The number of benzene rings is 1. The van der Waals surface area contributed by atoms with Gasteiger partial charge in [0.25, 0.3) is 5.69 Å². The molecule has 0 amide bonds. The Morgan fingerprint density at radius 3 is 2.62 bits per heavy atom. The Bertz CT molecular complexity index is 987. The van der Waals surface area contributed by atoms with Gasteiger partial charge in [0.15, 0.2) is 0 Å². The van der Waals surface area contributed by atoms with E-state index in [0.29, 0.717) is 10.6 Å². The van der Waals surface area contributed by atoms with Crippen LogP contribution in [0.4, 0.5) is 11.4 Å². The number of nitro groups is 1. The first kappa shape index (κ1) is 19.2. The van der Waals surface area contributed by atoms with Gasteiger partial charge in [-0.3, -0.25) is 15.0 Å². The van der Waals surface area contributed by atoms with Crippen LogP contribution in [0.15, 0.2) is 62.5 Å². The highest BCUT2D eigenvalue weighted by Gasteiger charge is 2.43. The van der Waals surface area contributed by atoms with E-state index < -0.39 is 10.6 Å². The molecule has 2 aromatic rings. The topological polar surface area (TPSA) is 136 Å². The molecule has 1 saturated carbocycles. The number of pyridine rings is 1. The molecule has 0 bridgehead atoms. The van der Waals surface area contributed by atoms with Crippen LogP contribution in [0, 0.1) is 10.1 Å². The number of aliphatic imine (C=N–C) groups is 2. The molecule has 1 aliphatic heterocycles. The predicted molar refractivity (Wildman–Crippen MR) is 113 cm³/mol. The van der Waals surface area contributed by atoms with Gasteiger partial charge in [0.1, 0.15) is 10.7 Å². The Hall–Kier alpha value is -3.14. The van der Waals surface area contributed by atoms with Crippen molar-refractivity contribution in [1.82, 2.24) is 4.98 Å². The normalized spacial score (nSPS) is 18.3. The van der Waals surface area contributed by atoms with Crippen molar-refractivity contribution in [3.63, 3.8) is 0 Å². The Morgan fingerprint density at radius 1 is 1.14 bits per heavy atom. The summed E-state index contributed by atoms with van der Waals surface area (Å²) in [5.74, 6) is 0.350. The molecule has 4 rings (SSSR count). The minimum atomic E-state index is -0.656. The smallest absolute Gasteiger partial charge is 0.272 e. The molecule has 0 unspecified atom stereocenters. The molecule has 1 aromatic heterocycles. The molecule has 0 radical (unpaired) electrons. The summed E-state index contributed by atoms with van der Waals surface area (Å²) in [6.07, 6.45) is 6.27. The third-order valence-corrected chi connectivity index (χ3v) is 5.98. The van der Waals surface area contributed by atoms with Gasteiger partial charge >= 0.3 is 0 Å². The lowest BCUT2D eigenvalue weighted by atomic mass is 9.87. The number of hydrogen-bond donors (Lipinski definition) is 2. The van der Waals surface area contributed by atoms with E-state index in [-0.39, 0.29) is 17.6 Å². The van der Waals surface area contributed by atoms with Gasteiger partial charge in [0.05, 0.1) is 10.6 Å². The van der Waals surface area contributed by atoms with E-state index in [4.69, 9.17) is 11.5 Å². The molecule has 1 aliphatic carbocycles. The van der Waals surface area contributed by atoms with Crippen LogP contribution in [-0.4, -0.2) is 27.5 Å². The van der Waals surface area contributed by atoms with Crippen molar-refractivity contribution < 1.29 is 4.92 Å². The SMILES string of the molecule is NC1=NC2(CCCCC2)N(c2cc(Sc3ccccn3)cc([N+](=O)[O-])c2)C(N)=N1. The van der Waals surface area contributed by atoms with E-state index >= 15 is 0 Å². The van der Waals surface area contributed by atoms with Crippen LogP contribution in [0.5, 0.6) is 0 Å². The number of non-ortho nitro benzene ring substituents is 1. The van der Waals surface area contributed by atoms with Gasteiger partial charge in [-0.2, -0.15) is 4.99 Å². The zero-order valence-electron chi connectivity index (χ0n) is 15.7. The third-order valence-electron chi connectivity index (χ3n) is 5.06. The maximum atomic E-state index is 11.6. The molecule has 9 nitrogen and oxygen atoms in total. The molecular weight excluding hydrogens is 390 g/mol. The van der Waals surface area contributed by atoms with Crippen LogP contribution in [0.2, 0.25) is 0 Å². The van der Waals surface area contributed by atoms with Gasteiger partial charge < -0.3 is 11.5 Å². The summed E-state index contributed by atoms with van der Waals surface area (Å²) in [6.45, 7) is 0. The highest BCUT2D eigenvalue weighted by molar-refractivity contribution is 7.99. The Balaban J connectivity index is 1.80. The number of aromatic nitrogens is 1. The molecule has 0 atom stereocenters. The summed E-state index contributed by atoms with van der Waals surface area (Å²) in [5, 5.41) is 12.3. The van der Waals surface area contributed by atoms with Crippen molar-refractivity contribution in [3.05, 3.63) is 52.7 Å². The molecule has 1 fully saturated rings.